The van der Waals surface area contributed by atoms with Gasteiger partial charge >= 0.3 is 0 Å². The molecule has 0 spiro atoms. The molecular formula is C12H11N5O2S3. The average molecular weight is 353 g/mol. The molecule has 3 rings (SSSR count). The average Bonchev–Trinajstić information content (AvgIpc) is 3.08. The first kappa shape index (κ1) is 15.0. The standard InChI is InChI=1S/C12H11N5O2S3/c1-7-10(8-2-4-9(5-3-8)22(13,18)19)21-11(15-7)16-12-17-14-6-20-12/h2-6H,1H3,(H2,13,18,19)(H,15,16,17). The summed E-state index contributed by atoms with van der Waals surface area (Å²) in [4.78, 5) is 5.48. The molecule has 0 aliphatic heterocycles. The van der Waals surface area contributed by atoms with E-state index in [-0.39, 0.29) is 4.90 Å². The number of nitrogens with one attached hydrogen (secondary N) is 1. The summed E-state index contributed by atoms with van der Waals surface area (Å²) in [6, 6.07) is 6.41. The SMILES string of the molecule is Cc1nc(Nc2nncs2)sc1-c1ccc(S(N)(=O)=O)cc1. The molecule has 22 heavy (non-hydrogen) atoms. The van der Waals surface area contributed by atoms with E-state index >= 15 is 0 Å². The number of rotatable bonds is 4. The first-order chi connectivity index (χ1) is 10.4. The molecule has 114 valence electrons. The van der Waals surface area contributed by atoms with Gasteiger partial charge in [0.1, 0.15) is 5.51 Å². The Morgan fingerprint density at radius 2 is 1.91 bits per heavy atom. The fourth-order valence-corrected chi connectivity index (χ4v) is 3.83. The fraction of sp³-hybridized carbons (Fsp3) is 0.0833. The van der Waals surface area contributed by atoms with Crippen LogP contribution in [0.25, 0.3) is 10.4 Å². The van der Waals surface area contributed by atoms with Crippen LogP contribution in [0.3, 0.4) is 0 Å². The van der Waals surface area contributed by atoms with Crippen molar-refractivity contribution in [2.75, 3.05) is 5.32 Å². The molecule has 0 radical (unpaired) electrons. The number of benzene rings is 1. The van der Waals surface area contributed by atoms with Crippen LogP contribution in [0, 0.1) is 6.92 Å². The zero-order chi connectivity index (χ0) is 15.7. The maximum atomic E-state index is 11.3. The molecule has 1 aromatic carbocycles. The van der Waals surface area contributed by atoms with Crippen LogP contribution in [0.2, 0.25) is 0 Å². The van der Waals surface area contributed by atoms with E-state index in [1.165, 1.54) is 34.8 Å². The Kier molecular flexibility index (Phi) is 3.91. The molecular weight excluding hydrogens is 342 g/mol. The Morgan fingerprint density at radius 1 is 1.18 bits per heavy atom. The predicted molar refractivity (Wildman–Crippen MR) is 86.9 cm³/mol. The van der Waals surface area contributed by atoms with Crippen LogP contribution >= 0.6 is 22.7 Å². The van der Waals surface area contributed by atoms with Gasteiger partial charge in [0.25, 0.3) is 0 Å². The van der Waals surface area contributed by atoms with E-state index in [0.717, 1.165) is 16.1 Å². The van der Waals surface area contributed by atoms with Crippen molar-refractivity contribution < 1.29 is 8.42 Å². The Labute approximate surface area is 134 Å². The van der Waals surface area contributed by atoms with Gasteiger partial charge < -0.3 is 5.32 Å². The molecule has 2 aromatic heterocycles. The third-order valence-electron chi connectivity index (χ3n) is 2.82. The highest BCUT2D eigenvalue weighted by Crippen LogP contribution is 2.34. The quantitative estimate of drug-likeness (QED) is 0.745. The lowest BCUT2D eigenvalue weighted by molar-refractivity contribution is 0.598. The van der Waals surface area contributed by atoms with Crippen LogP contribution in [-0.4, -0.2) is 23.6 Å². The largest absolute Gasteiger partial charge is 0.306 e. The van der Waals surface area contributed by atoms with Crippen molar-refractivity contribution in [3.8, 4) is 10.4 Å². The van der Waals surface area contributed by atoms with Crippen LogP contribution in [0.1, 0.15) is 5.69 Å². The molecule has 2 heterocycles. The highest BCUT2D eigenvalue weighted by Gasteiger charge is 2.13. The third-order valence-corrected chi connectivity index (χ3v) is 5.47. The smallest absolute Gasteiger partial charge is 0.238 e. The first-order valence-electron chi connectivity index (χ1n) is 6.07. The van der Waals surface area contributed by atoms with Crippen molar-refractivity contribution in [3.05, 3.63) is 35.5 Å². The van der Waals surface area contributed by atoms with Crippen molar-refractivity contribution in [1.29, 1.82) is 0 Å². The predicted octanol–water partition coefficient (Wildman–Crippen LogP) is 2.36. The van der Waals surface area contributed by atoms with Crippen molar-refractivity contribution in [2.24, 2.45) is 5.14 Å². The molecule has 0 saturated heterocycles. The first-order valence-corrected chi connectivity index (χ1v) is 9.31. The van der Waals surface area contributed by atoms with Crippen molar-refractivity contribution in [1.82, 2.24) is 15.2 Å². The summed E-state index contributed by atoms with van der Waals surface area (Å²) in [7, 11) is -3.68. The molecule has 0 unspecified atom stereocenters. The van der Waals surface area contributed by atoms with Gasteiger partial charge in [-0.1, -0.05) is 34.8 Å². The van der Waals surface area contributed by atoms with E-state index in [9.17, 15) is 8.42 Å². The van der Waals surface area contributed by atoms with Crippen LogP contribution in [0.15, 0.2) is 34.7 Å². The second-order valence-electron chi connectivity index (χ2n) is 4.37. The summed E-state index contributed by atoms with van der Waals surface area (Å²) in [5, 5.41) is 17.2. The molecule has 0 atom stereocenters. The van der Waals surface area contributed by atoms with E-state index in [1.807, 2.05) is 6.92 Å². The number of hydrogen-bond acceptors (Lipinski definition) is 8. The zero-order valence-electron chi connectivity index (χ0n) is 11.3. The third kappa shape index (κ3) is 3.14. The van der Waals surface area contributed by atoms with Crippen molar-refractivity contribution in [3.63, 3.8) is 0 Å². The molecule has 10 heteroatoms. The number of primary sulfonamides is 1. The summed E-state index contributed by atoms with van der Waals surface area (Å²) in [6.07, 6.45) is 0. The van der Waals surface area contributed by atoms with Gasteiger partial charge in [-0.15, -0.1) is 10.2 Å². The Balaban J connectivity index is 1.90. The number of sulfonamides is 1. The number of thiazole rings is 1. The van der Waals surface area contributed by atoms with Crippen LogP contribution in [0.5, 0.6) is 0 Å². The van der Waals surface area contributed by atoms with Gasteiger partial charge in [-0.05, 0) is 24.6 Å². The van der Waals surface area contributed by atoms with Gasteiger partial charge in [-0.2, -0.15) is 0 Å². The molecule has 0 saturated carbocycles. The lowest BCUT2D eigenvalue weighted by Crippen LogP contribution is -2.11. The minimum atomic E-state index is -3.68. The lowest BCUT2D eigenvalue weighted by Gasteiger charge is -2.01. The van der Waals surface area contributed by atoms with Crippen LogP contribution in [-0.2, 0) is 10.0 Å². The molecule has 3 N–H and O–H groups in total. The molecule has 3 aromatic rings. The van der Waals surface area contributed by atoms with E-state index in [0.29, 0.717) is 10.3 Å². The molecule has 0 amide bonds. The van der Waals surface area contributed by atoms with Gasteiger partial charge in [0.2, 0.25) is 15.2 Å². The van der Waals surface area contributed by atoms with Gasteiger partial charge in [0.05, 0.1) is 15.5 Å². The zero-order valence-corrected chi connectivity index (χ0v) is 13.8. The molecule has 0 aliphatic rings. The van der Waals surface area contributed by atoms with Gasteiger partial charge in [0, 0.05) is 0 Å². The number of aromatic nitrogens is 3. The second kappa shape index (κ2) is 5.72. The van der Waals surface area contributed by atoms with Gasteiger partial charge in [-0.25, -0.2) is 18.5 Å². The molecule has 0 bridgehead atoms. The number of anilines is 2. The topological polar surface area (TPSA) is 111 Å². The van der Waals surface area contributed by atoms with E-state index < -0.39 is 10.0 Å². The number of nitrogens with two attached hydrogens (primary N) is 1. The molecule has 0 aliphatic carbocycles. The Bertz CT molecular complexity index is 886. The van der Waals surface area contributed by atoms with Crippen molar-refractivity contribution >= 4 is 43.0 Å². The molecule has 0 fully saturated rings. The lowest BCUT2D eigenvalue weighted by atomic mass is 10.2. The van der Waals surface area contributed by atoms with E-state index in [4.69, 9.17) is 5.14 Å². The summed E-state index contributed by atoms with van der Waals surface area (Å²) in [5.74, 6) is 0. The summed E-state index contributed by atoms with van der Waals surface area (Å²) >= 11 is 2.85. The van der Waals surface area contributed by atoms with E-state index in [2.05, 4.69) is 20.5 Å². The maximum Gasteiger partial charge on any atom is 0.238 e. The van der Waals surface area contributed by atoms with Crippen LogP contribution in [0.4, 0.5) is 10.3 Å². The number of nitrogens with zero attached hydrogens (tertiary/aromatic N) is 3. The van der Waals surface area contributed by atoms with Crippen molar-refractivity contribution in [2.45, 2.75) is 11.8 Å². The molecule has 7 nitrogen and oxygen atoms in total. The highest BCUT2D eigenvalue weighted by atomic mass is 32.2. The maximum absolute atomic E-state index is 11.3. The van der Waals surface area contributed by atoms with E-state index in [1.54, 1.807) is 17.6 Å². The highest BCUT2D eigenvalue weighted by molar-refractivity contribution is 7.89. The second-order valence-corrected chi connectivity index (χ2v) is 7.77. The summed E-state index contributed by atoms with van der Waals surface area (Å²) in [6.45, 7) is 1.89. The van der Waals surface area contributed by atoms with Gasteiger partial charge in [-0.3, -0.25) is 0 Å². The Hall–Kier alpha value is -1.88. The minimum Gasteiger partial charge on any atom is -0.306 e. The Morgan fingerprint density at radius 3 is 2.50 bits per heavy atom. The van der Waals surface area contributed by atoms with Crippen LogP contribution < -0.4 is 10.5 Å². The number of aryl methyl sites for hydroxylation is 1. The minimum absolute atomic E-state index is 0.0885. The summed E-state index contributed by atoms with van der Waals surface area (Å²) < 4.78 is 22.6. The summed E-state index contributed by atoms with van der Waals surface area (Å²) in [5.41, 5.74) is 3.36. The number of hydrogen-bond donors (Lipinski definition) is 2. The normalized spacial score (nSPS) is 11.5. The fourth-order valence-electron chi connectivity index (χ4n) is 1.83. The van der Waals surface area contributed by atoms with Gasteiger partial charge in [0.15, 0.2) is 5.13 Å². The monoisotopic (exact) mass is 353 g/mol.